The van der Waals surface area contributed by atoms with Crippen molar-refractivity contribution >= 4 is 21.9 Å². The lowest BCUT2D eigenvalue weighted by Gasteiger charge is -2.07. The van der Waals surface area contributed by atoms with Gasteiger partial charge in [0.25, 0.3) is 0 Å². The number of carbonyl (C=O) groups is 1. The summed E-state index contributed by atoms with van der Waals surface area (Å²) in [6, 6.07) is 11.1. The Morgan fingerprint density at radius 2 is 2.05 bits per heavy atom. The summed E-state index contributed by atoms with van der Waals surface area (Å²) in [6.45, 7) is 0.397. The van der Waals surface area contributed by atoms with E-state index in [1.807, 2.05) is 6.07 Å². The van der Waals surface area contributed by atoms with Crippen LogP contribution in [0.4, 0.5) is 4.39 Å². The standard InChI is InChI=1S/C15H12BrFO3/c1-19-9-10-3-2-4-11(7-10)15(18)20-14-6-5-12(16)8-13(14)17/h2-8H,9H2,1H3. The summed E-state index contributed by atoms with van der Waals surface area (Å²) in [5.74, 6) is -1.31. The molecule has 2 rings (SSSR count). The Morgan fingerprint density at radius 3 is 2.75 bits per heavy atom. The van der Waals surface area contributed by atoms with Crippen LogP contribution in [-0.4, -0.2) is 13.1 Å². The zero-order valence-corrected chi connectivity index (χ0v) is 12.3. The Labute approximate surface area is 124 Å². The number of esters is 1. The lowest BCUT2D eigenvalue weighted by molar-refractivity contribution is 0.0727. The molecule has 0 unspecified atom stereocenters. The van der Waals surface area contributed by atoms with Gasteiger partial charge in [0.15, 0.2) is 11.6 Å². The lowest BCUT2D eigenvalue weighted by Crippen LogP contribution is -2.10. The third kappa shape index (κ3) is 3.65. The van der Waals surface area contributed by atoms with Crippen LogP contribution in [0, 0.1) is 5.82 Å². The summed E-state index contributed by atoms with van der Waals surface area (Å²) in [5, 5.41) is 0. The second kappa shape index (κ2) is 6.63. The first-order valence-electron chi connectivity index (χ1n) is 5.85. The van der Waals surface area contributed by atoms with E-state index >= 15 is 0 Å². The summed E-state index contributed by atoms with van der Waals surface area (Å²) in [6.07, 6.45) is 0. The monoisotopic (exact) mass is 338 g/mol. The van der Waals surface area contributed by atoms with E-state index in [0.717, 1.165) is 5.56 Å². The van der Waals surface area contributed by atoms with E-state index in [0.29, 0.717) is 16.6 Å². The summed E-state index contributed by atoms with van der Waals surface area (Å²) in [7, 11) is 1.57. The predicted octanol–water partition coefficient (Wildman–Crippen LogP) is 3.95. The minimum Gasteiger partial charge on any atom is -0.420 e. The van der Waals surface area contributed by atoms with E-state index < -0.39 is 11.8 Å². The number of hydrogen-bond acceptors (Lipinski definition) is 3. The molecular weight excluding hydrogens is 327 g/mol. The van der Waals surface area contributed by atoms with Gasteiger partial charge in [-0.3, -0.25) is 0 Å². The minimum absolute atomic E-state index is 0.102. The fourth-order valence-electron chi connectivity index (χ4n) is 1.67. The molecule has 0 saturated carbocycles. The molecule has 0 aliphatic heterocycles. The third-order valence-corrected chi connectivity index (χ3v) is 3.06. The molecule has 0 atom stereocenters. The Balaban J connectivity index is 2.17. The molecule has 0 saturated heterocycles. The molecule has 3 nitrogen and oxygen atoms in total. The fourth-order valence-corrected chi connectivity index (χ4v) is 2.00. The summed E-state index contributed by atoms with van der Waals surface area (Å²) < 4.78 is 24.2. The van der Waals surface area contributed by atoms with E-state index in [9.17, 15) is 9.18 Å². The van der Waals surface area contributed by atoms with Gasteiger partial charge in [0.2, 0.25) is 0 Å². The van der Waals surface area contributed by atoms with Crippen LogP contribution in [0.1, 0.15) is 15.9 Å². The third-order valence-electron chi connectivity index (χ3n) is 2.57. The highest BCUT2D eigenvalue weighted by Crippen LogP contribution is 2.22. The second-order valence-corrected chi connectivity index (χ2v) is 5.01. The van der Waals surface area contributed by atoms with Crippen LogP contribution in [0.2, 0.25) is 0 Å². The van der Waals surface area contributed by atoms with Crippen molar-refractivity contribution in [2.75, 3.05) is 7.11 Å². The Hall–Kier alpha value is -1.72. The number of hydrogen-bond donors (Lipinski definition) is 0. The average molecular weight is 339 g/mol. The van der Waals surface area contributed by atoms with E-state index in [-0.39, 0.29) is 5.75 Å². The molecule has 0 aliphatic rings. The molecule has 20 heavy (non-hydrogen) atoms. The number of ether oxygens (including phenoxy) is 2. The van der Waals surface area contributed by atoms with Crippen molar-refractivity contribution in [3.63, 3.8) is 0 Å². The molecule has 0 fully saturated rings. The molecule has 2 aromatic rings. The van der Waals surface area contributed by atoms with E-state index in [4.69, 9.17) is 9.47 Å². The molecule has 0 amide bonds. The average Bonchev–Trinajstić information content (AvgIpc) is 2.42. The van der Waals surface area contributed by atoms with Gasteiger partial charge >= 0.3 is 5.97 Å². The molecule has 0 heterocycles. The van der Waals surface area contributed by atoms with E-state index in [2.05, 4.69) is 15.9 Å². The number of carbonyl (C=O) groups excluding carboxylic acids is 1. The highest BCUT2D eigenvalue weighted by Gasteiger charge is 2.12. The molecule has 0 N–H and O–H groups in total. The van der Waals surface area contributed by atoms with E-state index in [1.54, 1.807) is 31.4 Å². The minimum atomic E-state index is -0.607. The van der Waals surface area contributed by atoms with Gasteiger partial charge in [-0.25, -0.2) is 9.18 Å². The van der Waals surface area contributed by atoms with Crippen molar-refractivity contribution in [1.29, 1.82) is 0 Å². The molecular formula is C15H12BrFO3. The molecule has 2 aromatic carbocycles. The molecule has 5 heteroatoms. The fraction of sp³-hybridized carbons (Fsp3) is 0.133. The van der Waals surface area contributed by atoms with Crippen LogP contribution in [0.5, 0.6) is 5.75 Å². The van der Waals surface area contributed by atoms with Crippen LogP contribution in [0.3, 0.4) is 0 Å². The summed E-state index contributed by atoms with van der Waals surface area (Å²) in [4.78, 5) is 12.0. The molecule has 0 aromatic heterocycles. The van der Waals surface area contributed by atoms with Gasteiger partial charge in [-0.15, -0.1) is 0 Å². The zero-order chi connectivity index (χ0) is 14.5. The summed E-state index contributed by atoms with van der Waals surface area (Å²) >= 11 is 3.14. The normalized spacial score (nSPS) is 10.3. The maximum Gasteiger partial charge on any atom is 0.343 e. The van der Waals surface area contributed by atoms with Crippen LogP contribution >= 0.6 is 15.9 Å². The SMILES string of the molecule is COCc1cccc(C(=O)Oc2ccc(Br)cc2F)c1. The van der Waals surface area contributed by atoms with Crippen molar-refractivity contribution in [3.8, 4) is 5.75 Å². The quantitative estimate of drug-likeness (QED) is 0.625. The topological polar surface area (TPSA) is 35.5 Å². The van der Waals surface area contributed by atoms with Crippen molar-refractivity contribution in [2.24, 2.45) is 0 Å². The molecule has 0 bridgehead atoms. The van der Waals surface area contributed by atoms with Crippen molar-refractivity contribution in [3.05, 3.63) is 63.9 Å². The number of methoxy groups -OCH3 is 1. The van der Waals surface area contributed by atoms with E-state index in [1.165, 1.54) is 12.1 Å². The Bertz CT molecular complexity index is 628. The first-order chi connectivity index (χ1) is 9.60. The first-order valence-corrected chi connectivity index (χ1v) is 6.64. The number of benzene rings is 2. The number of halogens is 2. The molecule has 104 valence electrons. The lowest BCUT2D eigenvalue weighted by atomic mass is 10.1. The van der Waals surface area contributed by atoms with Crippen LogP contribution in [0.25, 0.3) is 0 Å². The summed E-state index contributed by atoms with van der Waals surface area (Å²) in [5.41, 5.74) is 1.19. The second-order valence-electron chi connectivity index (χ2n) is 4.10. The van der Waals surface area contributed by atoms with Gasteiger partial charge in [-0.05, 0) is 35.9 Å². The highest BCUT2D eigenvalue weighted by molar-refractivity contribution is 9.10. The first kappa shape index (κ1) is 14.7. The van der Waals surface area contributed by atoms with Gasteiger partial charge in [-0.2, -0.15) is 0 Å². The van der Waals surface area contributed by atoms with Crippen LogP contribution < -0.4 is 4.74 Å². The number of rotatable bonds is 4. The highest BCUT2D eigenvalue weighted by atomic mass is 79.9. The molecule has 0 aliphatic carbocycles. The smallest absolute Gasteiger partial charge is 0.343 e. The van der Waals surface area contributed by atoms with Gasteiger partial charge < -0.3 is 9.47 Å². The van der Waals surface area contributed by atoms with Gasteiger partial charge in [-0.1, -0.05) is 28.1 Å². The van der Waals surface area contributed by atoms with Crippen LogP contribution in [0.15, 0.2) is 46.9 Å². The van der Waals surface area contributed by atoms with Crippen molar-refractivity contribution in [2.45, 2.75) is 6.61 Å². The van der Waals surface area contributed by atoms with Gasteiger partial charge in [0.05, 0.1) is 12.2 Å². The Morgan fingerprint density at radius 1 is 1.25 bits per heavy atom. The van der Waals surface area contributed by atoms with Gasteiger partial charge in [0, 0.05) is 11.6 Å². The predicted molar refractivity (Wildman–Crippen MR) is 76.2 cm³/mol. The Kier molecular flexibility index (Phi) is 4.87. The van der Waals surface area contributed by atoms with Crippen molar-refractivity contribution < 1.29 is 18.7 Å². The zero-order valence-electron chi connectivity index (χ0n) is 10.7. The van der Waals surface area contributed by atoms with Crippen LogP contribution in [-0.2, 0) is 11.3 Å². The maximum absolute atomic E-state index is 13.6. The molecule has 0 radical (unpaired) electrons. The largest absolute Gasteiger partial charge is 0.420 e. The molecule has 0 spiro atoms. The van der Waals surface area contributed by atoms with Gasteiger partial charge in [0.1, 0.15) is 0 Å². The van der Waals surface area contributed by atoms with Crippen molar-refractivity contribution in [1.82, 2.24) is 0 Å². The maximum atomic E-state index is 13.6.